The Balaban J connectivity index is 1.78. The fraction of sp³-hybridized carbons (Fsp3) is 0.650. The zero-order chi connectivity index (χ0) is 16.5. The third-order valence-corrected chi connectivity index (χ3v) is 10.4. The van der Waals surface area contributed by atoms with Gasteiger partial charge in [-0.2, -0.15) is 0 Å². The van der Waals surface area contributed by atoms with Crippen molar-refractivity contribution in [2.45, 2.75) is 69.5 Å². The number of carbonyl (C=O) groups excluding carboxylic acids is 1. The molecule has 3 rings (SSSR count). The van der Waals surface area contributed by atoms with Crippen LogP contribution in [0.3, 0.4) is 0 Å². The van der Waals surface area contributed by atoms with Gasteiger partial charge in [-0.05, 0) is 51.0 Å². The Kier molecular flexibility index (Phi) is 4.78. The van der Waals surface area contributed by atoms with Gasteiger partial charge in [-0.15, -0.1) is 0 Å². The molecule has 1 saturated heterocycles. The normalized spacial score (nSPS) is 23.6. The number of ketones is 1. The Labute approximate surface area is 141 Å². The van der Waals surface area contributed by atoms with E-state index < -0.39 is 14.7 Å². The van der Waals surface area contributed by atoms with E-state index in [4.69, 9.17) is 0 Å². The molecule has 0 radical (unpaired) electrons. The molecule has 128 valence electrons. The Morgan fingerprint density at radius 1 is 0.957 bits per heavy atom. The van der Waals surface area contributed by atoms with Gasteiger partial charge >= 0.3 is 0 Å². The van der Waals surface area contributed by atoms with Crippen molar-refractivity contribution in [2.75, 3.05) is 11.5 Å². The van der Waals surface area contributed by atoms with Gasteiger partial charge < -0.3 is 0 Å². The third-order valence-electron chi connectivity index (χ3n) is 6.11. The molecule has 2 fully saturated rings. The lowest BCUT2D eigenvalue weighted by Crippen LogP contribution is -2.46. The van der Waals surface area contributed by atoms with E-state index in [-0.39, 0.29) is 5.78 Å². The molecule has 1 saturated carbocycles. The van der Waals surface area contributed by atoms with Crippen molar-refractivity contribution in [3.05, 3.63) is 35.4 Å². The van der Waals surface area contributed by atoms with E-state index in [2.05, 4.69) is 12.1 Å². The maximum atomic E-state index is 13.1. The summed E-state index contributed by atoms with van der Waals surface area (Å²) in [5.41, 5.74) is 2.10. The molecular formula is C20H30O2S. The number of benzene rings is 1. The number of carbonyl (C=O) groups is 1. The Hall–Kier alpha value is -0.960. The highest BCUT2D eigenvalue weighted by atomic mass is 32.2. The van der Waals surface area contributed by atoms with Gasteiger partial charge in [0.05, 0.1) is 4.75 Å². The van der Waals surface area contributed by atoms with Crippen molar-refractivity contribution < 1.29 is 9.00 Å². The summed E-state index contributed by atoms with van der Waals surface area (Å²) in [6.45, 7) is 3.80. The number of rotatable bonds is 4. The number of hydrogen-bond acceptors (Lipinski definition) is 2. The first-order valence-electron chi connectivity index (χ1n) is 9.17. The molecule has 2 nitrogen and oxygen atoms in total. The minimum atomic E-state index is -2.38. The van der Waals surface area contributed by atoms with E-state index in [1.54, 1.807) is 0 Å². The predicted molar refractivity (Wildman–Crippen MR) is 99.2 cm³/mol. The van der Waals surface area contributed by atoms with Crippen molar-refractivity contribution in [1.29, 1.82) is 0 Å². The van der Waals surface area contributed by atoms with Gasteiger partial charge in [0.2, 0.25) is 0 Å². The molecule has 1 heterocycles. The van der Waals surface area contributed by atoms with Crippen LogP contribution in [0.25, 0.3) is 0 Å². The molecule has 3 heteroatoms. The van der Waals surface area contributed by atoms with Crippen molar-refractivity contribution in [3.63, 3.8) is 0 Å². The summed E-state index contributed by atoms with van der Waals surface area (Å²) in [4.78, 5) is 13.0. The zero-order valence-corrected chi connectivity index (χ0v) is 15.4. The average molecular weight is 335 g/mol. The summed E-state index contributed by atoms with van der Waals surface area (Å²) in [5.74, 6) is 2.21. The fourth-order valence-electron chi connectivity index (χ4n) is 4.29. The Morgan fingerprint density at radius 2 is 1.52 bits per heavy atom. The molecular weight excluding hydrogens is 304 g/mol. The second-order valence-electron chi connectivity index (χ2n) is 7.89. The maximum Gasteiger partial charge on any atom is 0.178 e. The molecule has 0 spiro atoms. The van der Waals surface area contributed by atoms with Crippen LogP contribution in [0.15, 0.2) is 24.3 Å². The van der Waals surface area contributed by atoms with Crippen molar-refractivity contribution in [1.82, 2.24) is 0 Å². The van der Waals surface area contributed by atoms with Crippen LogP contribution in [-0.4, -0.2) is 26.2 Å². The van der Waals surface area contributed by atoms with Gasteiger partial charge in [-0.1, -0.05) is 53.5 Å². The van der Waals surface area contributed by atoms with Crippen LogP contribution in [0, 0.1) is 0 Å². The molecule has 1 aromatic carbocycles. The van der Waals surface area contributed by atoms with E-state index in [0.717, 1.165) is 29.9 Å². The van der Waals surface area contributed by atoms with Crippen molar-refractivity contribution >= 4 is 15.7 Å². The first-order valence-corrected chi connectivity index (χ1v) is 11.2. The minimum Gasteiger partial charge on any atom is -0.293 e. The van der Waals surface area contributed by atoms with Gasteiger partial charge in [0.1, 0.15) is 0 Å². The van der Waals surface area contributed by atoms with Gasteiger partial charge in [0.15, 0.2) is 5.78 Å². The molecule has 23 heavy (non-hydrogen) atoms. The number of thiol groups is 1. The summed E-state index contributed by atoms with van der Waals surface area (Å²) < 4.78 is 12.4. The zero-order valence-electron chi connectivity index (χ0n) is 14.5. The van der Waals surface area contributed by atoms with E-state index in [1.807, 2.05) is 26.0 Å². The van der Waals surface area contributed by atoms with Gasteiger partial charge in [-0.3, -0.25) is 9.00 Å². The molecule has 1 aromatic rings. The van der Waals surface area contributed by atoms with E-state index in [0.29, 0.717) is 5.92 Å². The van der Waals surface area contributed by atoms with Crippen LogP contribution in [0.5, 0.6) is 0 Å². The summed E-state index contributed by atoms with van der Waals surface area (Å²) >= 11 is 0. The largest absolute Gasteiger partial charge is 0.293 e. The SMILES string of the molecule is CC(C)(C(=O)c1ccc(C2CCCCC2)cc1)[SH]1(=O)CCCC1. The van der Waals surface area contributed by atoms with E-state index in [9.17, 15) is 9.00 Å². The first-order chi connectivity index (χ1) is 10.9. The first kappa shape index (κ1) is 16.9. The average Bonchev–Trinajstić information content (AvgIpc) is 3.04. The molecule has 0 atom stereocenters. The summed E-state index contributed by atoms with van der Waals surface area (Å²) in [7, 11) is -2.38. The molecule has 0 bridgehead atoms. The number of hydrogen-bond donors (Lipinski definition) is 1. The molecule has 1 aliphatic heterocycles. The summed E-state index contributed by atoms with van der Waals surface area (Å²) in [6, 6.07) is 8.19. The van der Waals surface area contributed by atoms with Crippen LogP contribution in [0.1, 0.15) is 80.6 Å². The summed E-state index contributed by atoms with van der Waals surface area (Å²) in [5, 5.41) is 0. The molecule has 0 N–H and O–H groups in total. The second kappa shape index (κ2) is 6.51. The van der Waals surface area contributed by atoms with Crippen LogP contribution in [0.4, 0.5) is 0 Å². The van der Waals surface area contributed by atoms with Crippen LogP contribution in [0.2, 0.25) is 0 Å². The second-order valence-corrected chi connectivity index (χ2v) is 11.7. The lowest BCUT2D eigenvalue weighted by Gasteiger charge is -2.35. The highest BCUT2D eigenvalue weighted by Crippen LogP contribution is 2.36. The molecule has 0 aromatic heterocycles. The highest BCUT2D eigenvalue weighted by molar-refractivity contribution is 8.05. The molecule has 0 unspecified atom stereocenters. The van der Waals surface area contributed by atoms with Crippen molar-refractivity contribution in [3.8, 4) is 0 Å². The Bertz CT molecular complexity index is 599. The van der Waals surface area contributed by atoms with E-state index in [1.165, 1.54) is 37.7 Å². The quantitative estimate of drug-likeness (QED) is 0.649. The maximum absolute atomic E-state index is 13.1. The van der Waals surface area contributed by atoms with Crippen LogP contribution >= 0.6 is 0 Å². The van der Waals surface area contributed by atoms with Crippen LogP contribution < -0.4 is 0 Å². The molecule has 0 amide bonds. The van der Waals surface area contributed by atoms with Gasteiger partial charge in [0.25, 0.3) is 0 Å². The highest BCUT2D eigenvalue weighted by Gasteiger charge is 2.43. The smallest absolute Gasteiger partial charge is 0.178 e. The predicted octanol–water partition coefficient (Wildman–Crippen LogP) is 4.51. The topological polar surface area (TPSA) is 34.1 Å². The molecule has 2 aliphatic rings. The van der Waals surface area contributed by atoms with Crippen LogP contribution in [-0.2, 0) is 9.93 Å². The minimum absolute atomic E-state index is 0.0675. The third kappa shape index (κ3) is 3.17. The molecule has 1 aliphatic carbocycles. The summed E-state index contributed by atoms with van der Waals surface area (Å²) in [6.07, 6.45) is 8.56. The van der Waals surface area contributed by atoms with Crippen molar-refractivity contribution in [2.24, 2.45) is 0 Å². The van der Waals surface area contributed by atoms with E-state index >= 15 is 0 Å². The fourth-order valence-corrected chi connectivity index (χ4v) is 7.60. The lowest BCUT2D eigenvalue weighted by atomic mass is 9.83. The van der Waals surface area contributed by atoms with Gasteiger partial charge in [-0.25, -0.2) is 0 Å². The lowest BCUT2D eigenvalue weighted by molar-refractivity contribution is 0.0954. The standard InChI is InChI=1S/C20H30O2S/c1-20(2,23(22)14-6-7-15-23)19(21)18-12-10-17(11-13-18)16-8-4-3-5-9-16/h10-13,16,23H,3-9,14-15H2,1-2H3. The Morgan fingerprint density at radius 3 is 2.09 bits per heavy atom. The monoisotopic (exact) mass is 334 g/mol. The van der Waals surface area contributed by atoms with Gasteiger partial charge in [0, 0.05) is 17.1 Å². The number of Topliss-reactive ketones (excluding diaryl/α,β-unsaturated/α-hetero) is 1.